The molecule has 1 aromatic carbocycles. The fourth-order valence-electron chi connectivity index (χ4n) is 2.51. The second kappa shape index (κ2) is 6.48. The summed E-state index contributed by atoms with van der Waals surface area (Å²) in [6, 6.07) is 9.49. The predicted molar refractivity (Wildman–Crippen MR) is 85.0 cm³/mol. The van der Waals surface area contributed by atoms with Crippen LogP contribution in [0.1, 0.15) is 16.1 Å². The summed E-state index contributed by atoms with van der Waals surface area (Å²) in [7, 11) is -3.59. The van der Waals surface area contributed by atoms with Crippen LogP contribution >= 0.6 is 0 Å². The number of hydrogen-bond donors (Lipinski definition) is 1. The molecule has 0 atom stereocenters. The van der Waals surface area contributed by atoms with Crippen molar-refractivity contribution >= 4 is 21.7 Å². The van der Waals surface area contributed by atoms with Gasteiger partial charge in [0.1, 0.15) is 6.54 Å². The van der Waals surface area contributed by atoms with Gasteiger partial charge >= 0.3 is 0 Å². The summed E-state index contributed by atoms with van der Waals surface area (Å²) in [5.74, 6) is -1.11. The molecule has 1 saturated heterocycles. The number of rotatable bonds is 4. The summed E-state index contributed by atoms with van der Waals surface area (Å²) in [5.41, 5.74) is 0.287. The lowest BCUT2D eigenvalue weighted by Crippen LogP contribution is -2.50. The van der Waals surface area contributed by atoms with E-state index in [1.165, 1.54) is 29.4 Å². The molecule has 126 valence electrons. The van der Waals surface area contributed by atoms with E-state index in [2.05, 4.69) is 5.32 Å². The Hall–Kier alpha value is -2.61. The van der Waals surface area contributed by atoms with Crippen LogP contribution in [0.4, 0.5) is 0 Å². The Labute approximate surface area is 139 Å². The van der Waals surface area contributed by atoms with E-state index in [-0.39, 0.29) is 34.4 Å². The van der Waals surface area contributed by atoms with E-state index in [1.54, 1.807) is 18.2 Å². The van der Waals surface area contributed by atoms with Crippen molar-refractivity contribution in [2.24, 2.45) is 0 Å². The first-order valence-electron chi connectivity index (χ1n) is 7.37. The molecular formula is C16H16N2O5S. The molecule has 0 radical (unpaired) electrons. The minimum atomic E-state index is -3.59. The summed E-state index contributed by atoms with van der Waals surface area (Å²) in [5, 5.41) is 2.63. The third-order valence-corrected chi connectivity index (χ3v) is 5.40. The number of furan rings is 1. The summed E-state index contributed by atoms with van der Waals surface area (Å²) in [6.07, 6.45) is 1.28. The fourth-order valence-corrected chi connectivity index (χ4v) is 3.88. The number of hydrogen-bond acceptors (Lipinski definition) is 5. The second-order valence-electron chi connectivity index (χ2n) is 5.42. The summed E-state index contributed by atoms with van der Waals surface area (Å²) in [4.78, 5) is 25.4. The Kier molecular flexibility index (Phi) is 4.39. The van der Waals surface area contributed by atoms with Crippen LogP contribution in [0.25, 0.3) is 0 Å². The predicted octanol–water partition coefficient (Wildman–Crippen LogP) is 0.826. The Bertz CT molecular complexity index is 858. The maximum Gasteiger partial charge on any atom is 0.290 e. The largest absolute Gasteiger partial charge is 0.459 e. The third kappa shape index (κ3) is 3.33. The molecule has 1 aromatic heterocycles. The van der Waals surface area contributed by atoms with Crippen molar-refractivity contribution in [2.75, 3.05) is 19.6 Å². The zero-order valence-corrected chi connectivity index (χ0v) is 13.6. The van der Waals surface area contributed by atoms with Gasteiger partial charge in [0.05, 0.1) is 16.9 Å². The molecule has 3 rings (SSSR count). The first-order valence-corrected chi connectivity index (χ1v) is 9.03. The number of carbonyl (C=O) groups excluding carboxylic acids is 2. The van der Waals surface area contributed by atoms with Gasteiger partial charge in [0.2, 0.25) is 5.91 Å². The van der Waals surface area contributed by atoms with E-state index in [4.69, 9.17) is 4.42 Å². The Morgan fingerprint density at radius 1 is 1.21 bits per heavy atom. The average molecular weight is 348 g/mol. The van der Waals surface area contributed by atoms with Gasteiger partial charge in [0.25, 0.3) is 5.91 Å². The molecule has 0 unspecified atom stereocenters. The summed E-state index contributed by atoms with van der Waals surface area (Å²) < 4.78 is 30.2. The molecule has 8 heteroatoms. The zero-order valence-electron chi connectivity index (χ0n) is 12.8. The van der Waals surface area contributed by atoms with E-state index < -0.39 is 15.7 Å². The minimum Gasteiger partial charge on any atom is -0.459 e. The van der Waals surface area contributed by atoms with Crippen molar-refractivity contribution in [3.8, 4) is 0 Å². The summed E-state index contributed by atoms with van der Waals surface area (Å²) >= 11 is 0. The van der Waals surface area contributed by atoms with Gasteiger partial charge < -0.3 is 14.6 Å². The van der Waals surface area contributed by atoms with Crippen LogP contribution < -0.4 is 5.32 Å². The van der Waals surface area contributed by atoms with Crippen molar-refractivity contribution in [1.29, 1.82) is 0 Å². The van der Waals surface area contributed by atoms with Gasteiger partial charge in [-0.2, -0.15) is 0 Å². The summed E-state index contributed by atoms with van der Waals surface area (Å²) in [6.45, 7) is 0.656. The van der Waals surface area contributed by atoms with Crippen LogP contribution in [0.15, 0.2) is 52.0 Å². The van der Waals surface area contributed by atoms with Crippen molar-refractivity contribution in [3.05, 3.63) is 54.0 Å². The number of nitrogens with zero attached hydrogens (tertiary/aromatic N) is 1. The Balaban J connectivity index is 1.83. The van der Waals surface area contributed by atoms with E-state index in [0.717, 1.165) is 0 Å². The van der Waals surface area contributed by atoms with Crippen LogP contribution in [0.5, 0.6) is 0 Å². The smallest absolute Gasteiger partial charge is 0.290 e. The highest BCUT2D eigenvalue weighted by Gasteiger charge is 2.28. The molecule has 0 aliphatic carbocycles. The topological polar surface area (TPSA) is 96.7 Å². The van der Waals surface area contributed by atoms with E-state index in [0.29, 0.717) is 13.1 Å². The molecule has 1 aliphatic rings. The third-order valence-electron chi connectivity index (χ3n) is 3.71. The lowest BCUT2D eigenvalue weighted by atomic mass is 10.2. The van der Waals surface area contributed by atoms with Crippen molar-refractivity contribution in [2.45, 2.75) is 10.6 Å². The number of benzene rings is 1. The maximum atomic E-state index is 12.5. The highest BCUT2D eigenvalue weighted by atomic mass is 32.2. The molecule has 0 bridgehead atoms. The zero-order chi connectivity index (χ0) is 17.2. The maximum absolute atomic E-state index is 12.5. The van der Waals surface area contributed by atoms with Crippen LogP contribution in [-0.4, -0.2) is 44.8 Å². The standard InChI is InChI=1S/C16H16N2O5S/c19-14-10-18(8-7-17-14)16(20)15-12(6-9-23-15)11-24(21,22)13-4-2-1-3-5-13/h1-6,9H,7-8,10-11H2,(H,17,19). The van der Waals surface area contributed by atoms with E-state index in [9.17, 15) is 18.0 Å². The molecule has 0 spiro atoms. The highest BCUT2D eigenvalue weighted by Crippen LogP contribution is 2.21. The normalized spacial score (nSPS) is 15.2. The van der Waals surface area contributed by atoms with Crippen LogP contribution in [0.3, 0.4) is 0 Å². The lowest BCUT2D eigenvalue weighted by Gasteiger charge is -2.26. The second-order valence-corrected chi connectivity index (χ2v) is 7.41. The first kappa shape index (κ1) is 16.3. The number of nitrogens with one attached hydrogen (secondary N) is 1. The van der Waals surface area contributed by atoms with Crippen molar-refractivity contribution in [3.63, 3.8) is 0 Å². The van der Waals surface area contributed by atoms with Crippen LogP contribution in [0, 0.1) is 0 Å². The van der Waals surface area contributed by atoms with Gasteiger partial charge in [0, 0.05) is 18.7 Å². The minimum absolute atomic E-state index is 0.0378. The fraction of sp³-hybridized carbons (Fsp3) is 0.250. The van der Waals surface area contributed by atoms with Crippen LogP contribution in [0.2, 0.25) is 0 Å². The number of amides is 2. The number of sulfone groups is 1. The monoisotopic (exact) mass is 348 g/mol. The molecule has 24 heavy (non-hydrogen) atoms. The average Bonchev–Trinajstić information content (AvgIpc) is 3.02. The molecule has 1 fully saturated rings. The van der Waals surface area contributed by atoms with Gasteiger partial charge in [0.15, 0.2) is 15.6 Å². The Morgan fingerprint density at radius 2 is 1.96 bits per heavy atom. The number of carbonyl (C=O) groups is 2. The molecule has 7 nitrogen and oxygen atoms in total. The molecule has 2 aromatic rings. The van der Waals surface area contributed by atoms with E-state index >= 15 is 0 Å². The molecule has 2 heterocycles. The van der Waals surface area contributed by atoms with Crippen molar-refractivity contribution < 1.29 is 22.4 Å². The van der Waals surface area contributed by atoms with E-state index in [1.807, 2.05) is 0 Å². The van der Waals surface area contributed by atoms with Crippen molar-refractivity contribution in [1.82, 2.24) is 10.2 Å². The molecule has 2 amide bonds. The Morgan fingerprint density at radius 3 is 2.67 bits per heavy atom. The van der Waals surface area contributed by atoms with Gasteiger partial charge in [-0.1, -0.05) is 18.2 Å². The quantitative estimate of drug-likeness (QED) is 0.882. The van der Waals surface area contributed by atoms with Gasteiger partial charge in [-0.25, -0.2) is 8.42 Å². The van der Waals surface area contributed by atoms with Crippen LogP contribution in [-0.2, 0) is 20.4 Å². The molecular weight excluding hydrogens is 332 g/mol. The molecule has 1 aliphatic heterocycles. The molecule has 1 N–H and O–H groups in total. The van der Waals surface area contributed by atoms with Gasteiger partial charge in [-0.3, -0.25) is 9.59 Å². The number of piperazine rings is 1. The first-order chi connectivity index (χ1) is 11.5. The highest BCUT2D eigenvalue weighted by molar-refractivity contribution is 7.90. The van der Waals surface area contributed by atoms with Gasteiger partial charge in [-0.15, -0.1) is 0 Å². The lowest BCUT2D eigenvalue weighted by molar-refractivity contribution is -0.123. The SMILES string of the molecule is O=C1CN(C(=O)c2occc2CS(=O)(=O)c2ccccc2)CCN1. The van der Waals surface area contributed by atoms with Gasteiger partial charge in [-0.05, 0) is 18.2 Å². The molecule has 0 saturated carbocycles.